The Balaban J connectivity index is 2.59. The monoisotopic (exact) mass is 268 g/mol. The van der Waals surface area contributed by atoms with E-state index < -0.39 is 0 Å². The number of carbonyl (C=O) groups is 1. The Morgan fingerprint density at radius 3 is 2.78 bits per heavy atom. The SMILES string of the molecule is CCCSCC(=O)c1ccccc1OCCOC. The van der Waals surface area contributed by atoms with E-state index in [0.717, 1.165) is 12.2 Å². The number of hydrogen-bond donors (Lipinski definition) is 0. The first kappa shape index (κ1) is 15.1. The lowest BCUT2D eigenvalue weighted by atomic mass is 10.1. The van der Waals surface area contributed by atoms with Crippen molar-refractivity contribution < 1.29 is 14.3 Å². The minimum atomic E-state index is 0.126. The number of hydrogen-bond acceptors (Lipinski definition) is 4. The number of thioether (sulfide) groups is 1. The Hall–Kier alpha value is -1.00. The van der Waals surface area contributed by atoms with Crippen molar-refractivity contribution in [3.63, 3.8) is 0 Å². The van der Waals surface area contributed by atoms with E-state index in [1.54, 1.807) is 18.9 Å². The molecule has 0 aliphatic carbocycles. The molecule has 1 aromatic carbocycles. The van der Waals surface area contributed by atoms with Crippen molar-refractivity contribution in [3.05, 3.63) is 29.8 Å². The molecule has 0 fully saturated rings. The number of Topliss-reactive ketones (excluding diaryl/α,β-unsaturated/α-hetero) is 1. The molecule has 0 spiro atoms. The molecule has 1 aromatic rings. The average Bonchev–Trinajstić information content (AvgIpc) is 2.40. The van der Waals surface area contributed by atoms with Gasteiger partial charge < -0.3 is 9.47 Å². The van der Waals surface area contributed by atoms with Gasteiger partial charge in [-0.25, -0.2) is 0 Å². The zero-order valence-corrected chi connectivity index (χ0v) is 11.8. The van der Waals surface area contributed by atoms with Crippen LogP contribution >= 0.6 is 11.8 Å². The van der Waals surface area contributed by atoms with Gasteiger partial charge in [0.05, 0.1) is 17.9 Å². The topological polar surface area (TPSA) is 35.5 Å². The third-order valence-corrected chi connectivity index (χ3v) is 3.48. The van der Waals surface area contributed by atoms with E-state index in [9.17, 15) is 4.79 Å². The highest BCUT2D eigenvalue weighted by molar-refractivity contribution is 7.99. The molecule has 0 atom stereocenters. The van der Waals surface area contributed by atoms with Gasteiger partial charge in [0.15, 0.2) is 5.78 Å². The largest absolute Gasteiger partial charge is 0.490 e. The molecule has 1 rings (SSSR count). The maximum Gasteiger partial charge on any atom is 0.176 e. The van der Waals surface area contributed by atoms with Gasteiger partial charge in [0.25, 0.3) is 0 Å². The van der Waals surface area contributed by atoms with Crippen LogP contribution in [-0.4, -0.2) is 37.6 Å². The lowest BCUT2D eigenvalue weighted by Crippen LogP contribution is -2.10. The van der Waals surface area contributed by atoms with Gasteiger partial charge in [-0.3, -0.25) is 4.79 Å². The van der Waals surface area contributed by atoms with E-state index in [1.165, 1.54) is 0 Å². The van der Waals surface area contributed by atoms with Crippen LogP contribution in [0, 0.1) is 0 Å². The number of ether oxygens (including phenoxy) is 2. The van der Waals surface area contributed by atoms with Crippen molar-refractivity contribution in [3.8, 4) is 5.75 Å². The molecule has 0 radical (unpaired) electrons. The quantitative estimate of drug-likeness (QED) is 0.509. The molecular weight excluding hydrogens is 248 g/mol. The van der Waals surface area contributed by atoms with Crippen LogP contribution in [-0.2, 0) is 4.74 Å². The standard InChI is InChI=1S/C14H20O3S/c1-3-10-18-11-13(15)12-6-4-5-7-14(12)17-9-8-16-2/h4-7H,3,8-11H2,1-2H3. The van der Waals surface area contributed by atoms with Crippen molar-refractivity contribution in [1.29, 1.82) is 0 Å². The van der Waals surface area contributed by atoms with Gasteiger partial charge in [0, 0.05) is 7.11 Å². The molecule has 0 saturated heterocycles. The molecule has 0 bridgehead atoms. The van der Waals surface area contributed by atoms with Crippen LogP contribution in [0.25, 0.3) is 0 Å². The summed E-state index contributed by atoms with van der Waals surface area (Å²) in [6.07, 6.45) is 1.09. The van der Waals surface area contributed by atoms with E-state index in [4.69, 9.17) is 9.47 Å². The van der Waals surface area contributed by atoms with Gasteiger partial charge in [0.1, 0.15) is 12.4 Å². The molecule has 4 heteroatoms. The second kappa shape index (κ2) is 9.00. The lowest BCUT2D eigenvalue weighted by Gasteiger charge is -2.10. The highest BCUT2D eigenvalue weighted by Gasteiger charge is 2.11. The van der Waals surface area contributed by atoms with Gasteiger partial charge in [-0.15, -0.1) is 0 Å². The zero-order chi connectivity index (χ0) is 13.2. The minimum absolute atomic E-state index is 0.126. The van der Waals surface area contributed by atoms with Crippen molar-refractivity contribution in [2.24, 2.45) is 0 Å². The van der Waals surface area contributed by atoms with Crippen molar-refractivity contribution in [1.82, 2.24) is 0 Å². The number of benzene rings is 1. The Morgan fingerprint density at radius 2 is 2.06 bits per heavy atom. The molecular formula is C14H20O3S. The van der Waals surface area contributed by atoms with E-state index in [0.29, 0.717) is 30.3 Å². The summed E-state index contributed by atoms with van der Waals surface area (Å²) < 4.78 is 10.5. The molecule has 0 aromatic heterocycles. The van der Waals surface area contributed by atoms with Gasteiger partial charge in [-0.05, 0) is 24.3 Å². The molecule has 0 aliphatic heterocycles. The van der Waals surface area contributed by atoms with E-state index in [1.807, 2.05) is 24.3 Å². The highest BCUT2D eigenvalue weighted by Crippen LogP contribution is 2.20. The third kappa shape index (κ3) is 5.10. The first-order chi connectivity index (χ1) is 8.79. The maximum atomic E-state index is 12.0. The molecule has 0 unspecified atom stereocenters. The van der Waals surface area contributed by atoms with Crippen LogP contribution in [0.5, 0.6) is 5.75 Å². The molecule has 18 heavy (non-hydrogen) atoms. The van der Waals surface area contributed by atoms with Crippen molar-refractivity contribution in [2.75, 3.05) is 31.8 Å². The van der Waals surface area contributed by atoms with Crippen molar-refractivity contribution >= 4 is 17.5 Å². The van der Waals surface area contributed by atoms with Gasteiger partial charge >= 0.3 is 0 Å². The Bertz CT molecular complexity index is 366. The number of methoxy groups -OCH3 is 1. The van der Waals surface area contributed by atoms with Crippen LogP contribution in [0.4, 0.5) is 0 Å². The first-order valence-corrected chi connectivity index (χ1v) is 7.26. The summed E-state index contributed by atoms with van der Waals surface area (Å²) in [4.78, 5) is 12.0. The fraction of sp³-hybridized carbons (Fsp3) is 0.500. The fourth-order valence-electron chi connectivity index (χ4n) is 1.44. The highest BCUT2D eigenvalue weighted by atomic mass is 32.2. The summed E-state index contributed by atoms with van der Waals surface area (Å²) in [5.74, 6) is 2.30. The van der Waals surface area contributed by atoms with E-state index in [2.05, 4.69) is 6.92 Å². The summed E-state index contributed by atoms with van der Waals surface area (Å²) in [5, 5.41) is 0. The molecule has 0 aliphatic rings. The van der Waals surface area contributed by atoms with Crippen LogP contribution < -0.4 is 4.74 Å². The second-order valence-corrected chi connectivity index (χ2v) is 4.92. The van der Waals surface area contributed by atoms with Crippen LogP contribution in [0.3, 0.4) is 0 Å². The van der Waals surface area contributed by atoms with Crippen LogP contribution in [0.2, 0.25) is 0 Å². The van der Waals surface area contributed by atoms with Crippen LogP contribution in [0.1, 0.15) is 23.7 Å². The lowest BCUT2D eigenvalue weighted by molar-refractivity contribution is 0.101. The van der Waals surface area contributed by atoms with Crippen molar-refractivity contribution in [2.45, 2.75) is 13.3 Å². The van der Waals surface area contributed by atoms with E-state index >= 15 is 0 Å². The van der Waals surface area contributed by atoms with Gasteiger partial charge in [-0.2, -0.15) is 11.8 Å². The number of para-hydroxylation sites is 1. The summed E-state index contributed by atoms with van der Waals surface area (Å²) in [6.45, 7) is 3.09. The predicted octanol–water partition coefficient (Wildman–Crippen LogP) is 3.04. The molecule has 3 nitrogen and oxygen atoms in total. The predicted molar refractivity (Wildman–Crippen MR) is 75.8 cm³/mol. The minimum Gasteiger partial charge on any atom is -0.490 e. The number of ketones is 1. The first-order valence-electron chi connectivity index (χ1n) is 6.11. The fourth-order valence-corrected chi connectivity index (χ4v) is 2.22. The number of carbonyl (C=O) groups excluding carboxylic acids is 1. The Morgan fingerprint density at radius 1 is 1.28 bits per heavy atom. The molecule has 0 saturated carbocycles. The number of rotatable bonds is 9. The Kier molecular flexibility index (Phi) is 7.53. The van der Waals surface area contributed by atoms with Gasteiger partial charge in [-0.1, -0.05) is 19.1 Å². The normalized spacial score (nSPS) is 10.3. The molecule has 0 heterocycles. The maximum absolute atomic E-state index is 12.0. The summed E-state index contributed by atoms with van der Waals surface area (Å²) in [7, 11) is 1.63. The zero-order valence-electron chi connectivity index (χ0n) is 11.0. The van der Waals surface area contributed by atoms with E-state index in [-0.39, 0.29) is 5.78 Å². The molecule has 0 N–H and O–H groups in total. The second-order valence-electron chi connectivity index (χ2n) is 3.81. The van der Waals surface area contributed by atoms with Crippen LogP contribution in [0.15, 0.2) is 24.3 Å². The third-order valence-electron chi connectivity index (χ3n) is 2.31. The smallest absolute Gasteiger partial charge is 0.176 e. The molecule has 0 amide bonds. The summed E-state index contributed by atoms with van der Waals surface area (Å²) in [5.41, 5.74) is 0.664. The molecule has 100 valence electrons. The average molecular weight is 268 g/mol. The summed E-state index contributed by atoms with van der Waals surface area (Å²) in [6, 6.07) is 7.38. The van der Waals surface area contributed by atoms with Gasteiger partial charge in [0.2, 0.25) is 0 Å². The summed E-state index contributed by atoms with van der Waals surface area (Å²) >= 11 is 1.66. The Labute approximate surface area is 113 Å².